The fourth-order valence-corrected chi connectivity index (χ4v) is 4.59. The van der Waals surface area contributed by atoms with Gasteiger partial charge in [0.2, 0.25) is 10.0 Å². The number of hydrogen-bond donors (Lipinski definition) is 0. The summed E-state index contributed by atoms with van der Waals surface area (Å²) in [5.41, 5.74) is 0.865. The first-order valence-electron chi connectivity index (χ1n) is 9.11. The predicted octanol–water partition coefficient (Wildman–Crippen LogP) is 2.48. The normalized spacial score (nSPS) is 16.6. The van der Waals surface area contributed by atoms with Crippen molar-refractivity contribution in [2.45, 2.75) is 20.1 Å². The topological polar surface area (TPSA) is 63.4 Å². The molecule has 0 N–H and O–H groups in total. The Kier molecular flexibility index (Phi) is 6.61. The standard InChI is InChI=1S/C19H25N5O2S2/c1-3-10-23-17(2)20-24(19(23)27)16-21-11-13-22(14-12-21)28(25,26)15-9-18-7-5-4-6-8-18/h3-9,15H,1,10-14,16H2,2H3/b15-9+. The van der Waals surface area contributed by atoms with Gasteiger partial charge in [-0.1, -0.05) is 36.4 Å². The van der Waals surface area contributed by atoms with Crippen molar-refractivity contribution in [3.63, 3.8) is 0 Å². The number of rotatable bonds is 7. The summed E-state index contributed by atoms with van der Waals surface area (Å²) < 4.78 is 31.0. The first-order valence-corrected chi connectivity index (χ1v) is 11.0. The van der Waals surface area contributed by atoms with Crippen LogP contribution in [0.15, 0.2) is 48.4 Å². The largest absolute Gasteiger partial charge is 0.300 e. The van der Waals surface area contributed by atoms with Crippen LogP contribution >= 0.6 is 12.2 Å². The summed E-state index contributed by atoms with van der Waals surface area (Å²) in [5, 5.41) is 5.78. The van der Waals surface area contributed by atoms with Gasteiger partial charge in [0.1, 0.15) is 5.82 Å². The number of aromatic nitrogens is 3. The Bertz CT molecular complexity index is 1000. The summed E-state index contributed by atoms with van der Waals surface area (Å²) in [6.45, 7) is 9.00. The maximum Gasteiger partial charge on any atom is 0.236 e. The van der Waals surface area contributed by atoms with E-state index in [1.807, 2.05) is 41.8 Å². The van der Waals surface area contributed by atoms with Crippen LogP contribution in [0.2, 0.25) is 0 Å². The summed E-state index contributed by atoms with van der Waals surface area (Å²) in [6, 6.07) is 9.42. The fraction of sp³-hybridized carbons (Fsp3) is 0.368. The van der Waals surface area contributed by atoms with Crippen LogP contribution in [0.25, 0.3) is 6.08 Å². The second-order valence-electron chi connectivity index (χ2n) is 6.65. The van der Waals surface area contributed by atoms with E-state index in [0.717, 1.165) is 11.4 Å². The van der Waals surface area contributed by atoms with E-state index >= 15 is 0 Å². The van der Waals surface area contributed by atoms with Gasteiger partial charge in [-0.05, 0) is 30.8 Å². The van der Waals surface area contributed by atoms with Crippen LogP contribution in [0.1, 0.15) is 11.4 Å². The zero-order chi connectivity index (χ0) is 20.1. The van der Waals surface area contributed by atoms with Gasteiger partial charge in [-0.2, -0.15) is 9.40 Å². The highest BCUT2D eigenvalue weighted by Gasteiger charge is 2.25. The predicted molar refractivity (Wildman–Crippen MR) is 114 cm³/mol. The van der Waals surface area contributed by atoms with Crippen molar-refractivity contribution < 1.29 is 8.42 Å². The molecule has 1 aliphatic heterocycles. The van der Waals surface area contributed by atoms with Gasteiger partial charge >= 0.3 is 0 Å². The van der Waals surface area contributed by atoms with Crippen LogP contribution in [0.3, 0.4) is 0 Å². The molecule has 1 fully saturated rings. The van der Waals surface area contributed by atoms with Gasteiger partial charge < -0.3 is 4.57 Å². The molecule has 3 rings (SSSR count). The minimum Gasteiger partial charge on any atom is -0.300 e. The van der Waals surface area contributed by atoms with Crippen LogP contribution < -0.4 is 0 Å². The van der Waals surface area contributed by atoms with Gasteiger partial charge in [0.05, 0.1) is 6.67 Å². The summed E-state index contributed by atoms with van der Waals surface area (Å²) in [7, 11) is -3.43. The van der Waals surface area contributed by atoms with E-state index in [9.17, 15) is 8.42 Å². The Morgan fingerprint density at radius 2 is 1.86 bits per heavy atom. The Morgan fingerprint density at radius 3 is 2.50 bits per heavy atom. The van der Waals surface area contributed by atoms with Gasteiger partial charge in [-0.3, -0.25) is 4.90 Å². The maximum atomic E-state index is 12.6. The van der Waals surface area contributed by atoms with E-state index in [-0.39, 0.29) is 0 Å². The maximum absolute atomic E-state index is 12.6. The minimum absolute atomic E-state index is 0.446. The molecular formula is C19H25N5O2S2. The molecule has 7 nitrogen and oxygen atoms in total. The van der Waals surface area contributed by atoms with Crippen LogP contribution in [-0.2, 0) is 23.2 Å². The molecule has 2 heterocycles. The average molecular weight is 420 g/mol. The molecule has 0 amide bonds. The molecule has 9 heteroatoms. The molecule has 0 radical (unpaired) electrons. The van der Waals surface area contributed by atoms with Crippen LogP contribution in [0.5, 0.6) is 0 Å². The lowest BCUT2D eigenvalue weighted by Gasteiger charge is -2.32. The lowest BCUT2D eigenvalue weighted by Crippen LogP contribution is -2.48. The second kappa shape index (κ2) is 8.95. The highest BCUT2D eigenvalue weighted by atomic mass is 32.2. The summed E-state index contributed by atoms with van der Waals surface area (Å²) in [5.74, 6) is 0.845. The zero-order valence-electron chi connectivity index (χ0n) is 15.9. The van der Waals surface area contributed by atoms with Crippen molar-refractivity contribution >= 4 is 28.3 Å². The third-order valence-electron chi connectivity index (χ3n) is 4.68. The molecule has 28 heavy (non-hydrogen) atoms. The summed E-state index contributed by atoms with van der Waals surface area (Å²) >= 11 is 5.48. The molecule has 0 spiro atoms. The van der Waals surface area contributed by atoms with Crippen molar-refractivity contribution in [1.82, 2.24) is 23.6 Å². The van der Waals surface area contributed by atoms with E-state index in [0.29, 0.717) is 44.2 Å². The molecule has 1 saturated heterocycles. The SMILES string of the molecule is C=CCn1c(C)nn(CN2CCN(S(=O)(=O)/C=C/c3ccccc3)CC2)c1=S. The molecule has 0 unspecified atom stereocenters. The summed E-state index contributed by atoms with van der Waals surface area (Å²) in [4.78, 5) is 2.16. The molecule has 0 aliphatic carbocycles. The average Bonchev–Trinajstić information content (AvgIpc) is 2.95. The molecule has 0 bridgehead atoms. The third-order valence-corrected chi connectivity index (χ3v) is 6.67. The number of aryl methyl sites for hydroxylation is 1. The zero-order valence-corrected chi connectivity index (χ0v) is 17.6. The van der Waals surface area contributed by atoms with Gasteiger partial charge in [0.25, 0.3) is 0 Å². The lowest BCUT2D eigenvalue weighted by molar-refractivity contribution is 0.145. The van der Waals surface area contributed by atoms with E-state index in [4.69, 9.17) is 12.2 Å². The number of allylic oxidation sites excluding steroid dienone is 1. The molecular weight excluding hydrogens is 394 g/mol. The van der Waals surface area contributed by atoms with Gasteiger partial charge in [0.15, 0.2) is 4.77 Å². The Hall–Kier alpha value is -2.07. The fourth-order valence-electron chi connectivity index (χ4n) is 3.11. The van der Waals surface area contributed by atoms with Gasteiger partial charge in [0, 0.05) is 38.1 Å². The third kappa shape index (κ3) is 4.85. The Balaban J connectivity index is 1.60. The smallest absolute Gasteiger partial charge is 0.236 e. The highest BCUT2D eigenvalue weighted by Crippen LogP contribution is 2.12. The summed E-state index contributed by atoms with van der Waals surface area (Å²) in [6.07, 6.45) is 3.43. The molecule has 0 saturated carbocycles. The van der Waals surface area contributed by atoms with Crippen LogP contribution in [0, 0.1) is 11.7 Å². The Morgan fingerprint density at radius 1 is 1.18 bits per heavy atom. The first-order chi connectivity index (χ1) is 13.4. The second-order valence-corrected chi connectivity index (χ2v) is 8.83. The van der Waals surface area contributed by atoms with Crippen molar-refractivity contribution in [1.29, 1.82) is 0 Å². The van der Waals surface area contributed by atoms with Crippen LogP contribution in [0.4, 0.5) is 0 Å². The molecule has 1 aromatic carbocycles. The van der Waals surface area contributed by atoms with Crippen molar-refractivity contribution in [3.8, 4) is 0 Å². The van der Waals surface area contributed by atoms with E-state index in [1.165, 1.54) is 9.71 Å². The number of benzene rings is 1. The van der Waals surface area contributed by atoms with Crippen molar-refractivity contribution in [2.24, 2.45) is 0 Å². The van der Waals surface area contributed by atoms with Crippen molar-refractivity contribution in [2.75, 3.05) is 26.2 Å². The molecule has 2 aromatic rings. The molecule has 1 aliphatic rings. The number of nitrogens with zero attached hydrogens (tertiary/aromatic N) is 5. The van der Waals surface area contributed by atoms with Gasteiger partial charge in [-0.25, -0.2) is 13.1 Å². The number of piperazine rings is 1. The van der Waals surface area contributed by atoms with Crippen LogP contribution in [-0.4, -0.2) is 58.1 Å². The number of hydrogen-bond acceptors (Lipinski definition) is 5. The first kappa shape index (κ1) is 20.7. The minimum atomic E-state index is -3.43. The number of sulfonamides is 1. The highest BCUT2D eigenvalue weighted by molar-refractivity contribution is 7.92. The van der Waals surface area contributed by atoms with E-state index in [1.54, 1.807) is 16.8 Å². The molecule has 1 aromatic heterocycles. The van der Waals surface area contributed by atoms with E-state index in [2.05, 4.69) is 16.6 Å². The Labute approximate surface area is 171 Å². The molecule has 150 valence electrons. The molecule has 0 atom stereocenters. The lowest BCUT2D eigenvalue weighted by atomic mass is 10.2. The van der Waals surface area contributed by atoms with E-state index < -0.39 is 10.0 Å². The van der Waals surface area contributed by atoms with Gasteiger partial charge in [-0.15, -0.1) is 6.58 Å². The quantitative estimate of drug-likeness (QED) is 0.510. The van der Waals surface area contributed by atoms with Crippen molar-refractivity contribution in [3.05, 3.63) is 64.6 Å². The monoisotopic (exact) mass is 419 g/mol.